The van der Waals surface area contributed by atoms with Gasteiger partial charge in [-0.3, -0.25) is 33.8 Å². The fraction of sp³-hybridized carbons (Fsp3) is 0.750. The molecule has 15 N–H and O–H groups in total. The SMILES string of the molecule is CC(C)[C@H](N)C(=O)N1CCC[C@H]1C(=O)N[C@@H](CCCN=C(N)N)C(=O)N[C@@H](CCCCN)C(=O)N[C@H](C(=O)N[C@@H](CCC(N)=O)C(=O)O)C(C)C. The summed E-state index contributed by atoms with van der Waals surface area (Å²) in [4.78, 5) is 95.5. The first-order valence-corrected chi connectivity index (χ1v) is 17.4. The van der Waals surface area contributed by atoms with Crippen LogP contribution in [0.3, 0.4) is 0 Å². The summed E-state index contributed by atoms with van der Waals surface area (Å²) < 4.78 is 0. The molecule has 0 spiro atoms. The summed E-state index contributed by atoms with van der Waals surface area (Å²) in [6.07, 6.45) is 1.86. The summed E-state index contributed by atoms with van der Waals surface area (Å²) in [5, 5.41) is 19.9. The largest absolute Gasteiger partial charge is 0.480 e. The third-order valence-electron chi connectivity index (χ3n) is 8.54. The molecule has 0 aromatic carbocycles. The van der Waals surface area contributed by atoms with Gasteiger partial charge in [-0.25, -0.2) is 4.79 Å². The number of hydrogen-bond donors (Lipinski definition) is 10. The van der Waals surface area contributed by atoms with Gasteiger partial charge in [-0.2, -0.15) is 0 Å². The molecule has 1 aliphatic heterocycles. The van der Waals surface area contributed by atoms with Crippen LogP contribution >= 0.6 is 0 Å². The number of aliphatic carboxylic acids is 1. The number of aliphatic imine (C=N–C) groups is 1. The fourth-order valence-electron chi connectivity index (χ4n) is 5.45. The second-order valence-electron chi connectivity index (χ2n) is 13.4. The van der Waals surface area contributed by atoms with Crippen molar-refractivity contribution >= 4 is 47.4 Å². The van der Waals surface area contributed by atoms with Gasteiger partial charge in [0.2, 0.25) is 35.4 Å². The van der Waals surface area contributed by atoms with Crippen molar-refractivity contribution in [1.82, 2.24) is 26.2 Å². The molecule has 1 aliphatic rings. The molecule has 19 heteroatoms. The van der Waals surface area contributed by atoms with Gasteiger partial charge in [0.05, 0.1) is 6.04 Å². The predicted octanol–water partition coefficient (Wildman–Crippen LogP) is -2.91. The monoisotopic (exact) mass is 725 g/mol. The van der Waals surface area contributed by atoms with Crippen molar-refractivity contribution < 1.29 is 38.7 Å². The lowest BCUT2D eigenvalue weighted by Crippen LogP contribution is -2.60. The zero-order valence-corrected chi connectivity index (χ0v) is 30.2. The Bertz CT molecular complexity index is 1240. The summed E-state index contributed by atoms with van der Waals surface area (Å²) >= 11 is 0. The number of guanidine groups is 1. The van der Waals surface area contributed by atoms with Crippen molar-refractivity contribution in [2.24, 2.45) is 45.5 Å². The maximum absolute atomic E-state index is 13.8. The van der Waals surface area contributed by atoms with Crippen molar-refractivity contribution in [2.45, 2.75) is 122 Å². The molecule has 0 bridgehead atoms. The summed E-state index contributed by atoms with van der Waals surface area (Å²) in [7, 11) is 0. The summed E-state index contributed by atoms with van der Waals surface area (Å²) in [5.74, 6) is -6.07. The highest BCUT2D eigenvalue weighted by Gasteiger charge is 2.39. The normalized spacial score (nSPS) is 17.1. The van der Waals surface area contributed by atoms with E-state index in [-0.39, 0.29) is 56.4 Å². The van der Waals surface area contributed by atoms with Crippen LogP contribution in [0.2, 0.25) is 0 Å². The van der Waals surface area contributed by atoms with Gasteiger partial charge in [0, 0.05) is 19.5 Å². The maximum Gasteiger partial charge on any atom is 0.326 e. The average molecular weight is 726 g/mol. The van der Waals surface area contributed by atoms with Crippen LogP contribution in [0.4, 0.5) is 0 Å². The van der Waals surface area contributed by atoms with Gasteiger partial charge in [-0.05, 0) is 69.7 Å². The molecule has 51 heavy (non-hydrogen) atoms. The summed E-state index contributed by atoms with van der Waals surface area (Å²) in [5.41, 5.74) is 27.7. The summed E-state index contributed by atoms with van der Waals surface area (Å²) in [6.45, 7) is 7.70. The molecule has 19 nitrogen and oxygen atoms in total. The highest BCUT2D eigenvalue weighted by atomic mass is 16.4. The minimum Gasteiger partial charge on any atom is -0.480 e. The van der Waals surface area contributed by atoms with Crippen molar-refractivity contribution in [3.8, 4) is 0 Å². The molecule has 1 heterocycles. The second kappa shape index (κ2) is 22.3. The molecule has 0 aromatic rings. The van der Waals surface area contributed by atoms with Crippen LogP contribution in [0.5, 0.6) is 0 Å². The standard InChI is InChI=1S/C32H59N11O8/c1-17(2)24(35)30(49)43-16-8-11-22(43)28(47)40-20(10-7-15-38-32(36)37)26(45)39-19(9-5-6-14-33)27(46)42-25(18(3)4)29(48)41-21(31(50)51)12-13-23(34)44/h17-22,24-25H,5-16,33,35H2,1-4H3,(H2,34,44)(H,39,45)(H,40,47)(H,41,48)(H,42,46)(H,50,51)(H4,36,37,38)/t19-,20-,21-,22-,24-,25-/m0/s1. The second-order valence-corrected chi connectivity index (χ2v) is 13.4. The fourth-order valence-corrected chi connectivity index (χ4v) is 5.45. The lowest BCUT2D eigenvalue weighted by atomic mass is 10.0. The lowest BCUT2D eigenvalue weighted by Gasteiger charge is -2.30. The molecular formula is C32H59N11O8. The Labute approximate surface area is 299 Å². The molecule has 0 aliphatic carbocycles. The van der Waals surface area contributed by atoms with Gasteiger partial charge in [0.1, 0.15) is 30.2 Å². The smallest absolute Gasteiger partial charge is 0.326 e. The van der Waals surface area contributed by atoms with E-state index in [0.717, 1.165) is 0 Å². The van der Waals surface area contributed by atoms with E-state index in [1.165, 1.54) is 4.90 Å². The van der Waals surface area contributed by atoms with Gasteiger partial charge in [-0.15, -0.1) is 0 Å². The Hall–Kier alpha value is -4.52. The Morgan fingerprint density at radius 2 is 1.37 bits per heavy atom. The average Bonchev–Trinajstić information content (AvgIpc) is 3.55. The van der Waals surface area contributed by atoms with Crippen molar-refractivity contribution in [2.75, 3.05) is 19.6 Å². The molecule has 0 unspecified atom stereocenters. The molecule has 0 aromatic heterocycles. The zero-order chi connectivity index (χ0) is 38.8. The first kappa shape index (κ1) is 44.5. The minimum atomic E-state index is -1.43. The molecule has 6 amide bonds. The van der Waals surface area contributed by atoms with Gasteiger partial charge in [-0.1, -0.05) is 27.7 Å². The van der Waals surface area contributed by atoms with Gasteiger partial charge < -0.3 is 59.9 Å². The quantitative estimate of drug-likeness (QED) is 0.0288. The molecule has 1 rings (SSSR count). The van der Waals surface area contributed by atoms with Crippen molar-refractivity contribution in [3.05, 3.63) is 0 Å². The minimum absolute atomic E-state index is 0.0799. The number of hydrogen-bond acceptors (Lipinski definition) is 10. The highest BCUT2D eigenvalue weighted by molar-refractivity contribution is 5.96. The van der Waals surface area contributed by atoms with Gasteiger partial charge >= 0.3 is 5.97 Å². The number of unbranched alkanes of at least 4 members (excludes halogenated alkanes) is 1. The third-order valence-corrected chi connectivity index (χ3v) is 8.54. The van der Waals surface area contributed by atoms with E-state index in [4.69, 9.17) is 28.7 Å². The number of nitrogens with one attached hydrogen (secondary N) is 4. The van der Waals surface area contributed by atoms with Crippen molar-refractivity contribution in [3.63, 3.8) is 0 Å². The Kier molecular flexibility index (Phi) is 19.5. The number of nitrogens with two attached hydrogens (primary N) is 5. The van der Waals surface area contributed by atoms with Gasteiger partial charge in [0.25, 0.3) is 0 Å². The molecule has 290 valence electrons. The number of carbonyl (C=O) groups is 7. The molecule has 1 saturated heterocycles. The van der Waals surface area contributed by atoms with Gasteiger partial charge in [0.15, 0.2) is 5.96 Å². The Morgan fingerprint density at radius 1 is 0.784 bits per heavy atom. The van der Waals surface area contributed by atoms with Crippen LogP contribution in [0.25, 0.3) is 0 Å². The van der Waals surface area contributed by atoms with Crippen LogP contribution in [-0.2, 0) is 33.6 Å². The molecule has 0 radical (unpaired) electrons. The first-order valence-electron chi connectivity index (χ1n) is 17.4. The zero-order valence-electron chi connectivity index (χ0n) is 30.2. The molecule has 0 saturated carbocycles. The molecule has 1 fully saturated rings. The number of carboxylic acids is 1. The number of rotatable bonds is 23. The van der Waals surface area contributed by atoms with E-state index in [1.807, 2.05) is 0 Å². The number of carbonyl (C=O) groups excluding carboxylic acids is 6. The lowest BCUT2D eigenvalue weighted by molar-refractivity contribution is -0.143. The van der Waals surface area contributed by atoms with Crippen LogP contribution in [0.15, 0.2) is 4.99 Å². The third kappa shape index (κ3) is 15.5. The maximum atomic E-state index is 13.8. The van der Waals surface area contributed by atoms with E-state index in [2.05, 4.69) is 26.3 Å². The van der Waals surface area contributed by atoms with E-state index >= 15 is 0 Å². The number of likely N-dealkylation sites (tertiary alicyclic amines) is 1. The number of amides is 6. The topological polar surface area (TPSA) is 334 Å². The summed E-state index contributed by atoms with van der Waals surface area (Å²) in [6, 6.07) is -6.61. The van der Waals surface area contributed by atoms with E-state index in [1.54, 1.807) is 27.7 Å². The number of carboxylic acid groups (broad SMARTS) is 1. The van der Waals surface area contributed by atoms with E-state index < -0.39 is 77.7 Å². The van der Waals surface area contributed by atoms with Crippen LogP contribution in [0.1, 0.15) is 85.5 Å². The van der Waals surface area contributed by atoms with Crippen LogP contribution in [-0.4, -0.2) is 113 Å². The number of primary amides is 1. The Balaban J connectivity index is 3.25. The highest BCUT2D eigenvalue weighted by Crippen LogP contribution is 2.20. The first-order chi connectivity index (χ1) is 23.9. The van der Waals surface area contributed by atoms with E-state index in [9.17, 15) is 38.7 Å². The predicted molar refractivity (Wildman–Crippen MR) is 189 cm³/mol. The number of nitrogens with zero attached hydrogens (tertiary/aromatic N) is 2. The molecule has 6 atom stereocenters. The molecular weight excluding hydrogens is 666 g/mol. The van der Waals surface area contributed by atoms with Crippen molar-refractivity contribution in [1.29, 1.82) is 0 Å². The Morgan fingerprint density at radius 3 is 1.92 bits per heavy atom. The van der Waals surface area contributed by atoms with Crippen LogP contribution in [0, 0.1) is 11.8 Å². The van der Waals surface area contributed by atoms with Crippen LogP contribution < -0.4 is 49.9 Å². The van der Waals surface area contributed by atoms with E-state index in [0.29, 0.717) is 38.8 Å².